The standard InChI is InChI=1S/C17H16N2O4/c1-10(11-6-3-2-4-7-11)19-16(21)12-8-5-9-13(17(22)23)14(12)15(18)20/h2-10H,1H3,(H2,18,20)(H,19,21)(H,22,23)/t10-/m0/s1. The first-order valence-corrected chi connectivity index (χ1v) is 6.93. The Labute approximate surface area is 132 Å². The van der Waals surface area contributed by atoms with Gasteiger partial charge in [-0.2, -0.15) is 0 Å². The van der Waals surface area contributed by atoms with Gasteiger partial charge in [0, 0.05) is 0 Å². The molecule has 0 aliphatic heterocycles. The van der Waals surface area contributed by atoms with Gasteiger partial charge in [-0.15, -0.1) is 0 Å². The fourth-order valence-electron chi connectivity index (χ4n) is 2.28. The molecular formula is C17H16N2O4. The summed E-state index contributed by atoms with van der Waals surface area (Å²) in [6, 6.07) is 13.0. The van der Waals surface area contributed by atoms with E-state index in [4.69, 9.17) is 10.8 Å². The average Bonchev–Trinajstić information content (AvgIpc) is 2.54. The second kappa shape index (κ2) is 6.74. The minimum atomic E-state index is -1.32. The lowest BCUT2D eigenvalue weighted by Gasteiger charge is -2.16. The van der Waals surface area contributed by atoms with E-state index in [2.05, 4.69) is 5.32 Å². The second-order valence-corrected chi connectivity index (χ2v) is 5.00. The van der Waals surface area contributed by atoms with E-state index >= 15 is 0 Å². The molecule has 0 saturated heterocycles. The van der Waals surface area contributed by atoms with Crippen molar-refractivity contribution in [1.29, 1.82) is 0 Å². The quantitative estimate of drug-likeness (QED) is 0.784. The number of aromatic carboxylic acids is 1. The number of carbonyl (C=O) groups excluding carboxylic acids is 2. The minimum Gasteiger partial charge on any atom is -0.478 e. The van der Waals surface area contributed by atoms with E-state index in [1.165, 1.54) is 18.2 Å². The molecule has 0 bridgehead atoms. The molecule has 0 spiro atoms. The van der Waals surface area contributed by atoms with Gasteiger partial charge in [0.05, 0.1) is 22.7 Å². The Morgan fingerprint density at radius 1 is 1.00 bits per heavy atom. The molecule has 6 heteroatoms. The summed E-state index contributed by atoms with van der Waals surface area (Å²) >= 11 is 0. The van der Waals surface area contributed by atoms with E-state index in [0.29, 0.717) is 0 Å². The molecule has 0 aromatic heterocycles. The van der Waals surface area contributed by atoms with Crippen molar-refractivity contribution in [2.45, 2.75) is 13.0 Å². The molecule has 0 saturated carbocycles. The van der Waals surface area contributed by atoms with Crippen LogP contribution in [0.2, 0.25) is 0 Å². The van der Waals surface area contributed by atoms with Gasteiger partial charge in [0.15, 0.2) is 0 Å². The van der Waals surface area contributed by atoms with Crippen LogP contribution in [-0.2, 0) is 0 Å². The van der Waals surface area contributed by atoms with Crippen LogP contribution in [0.5, 0.6) is 0 Å². The Balaban J connectivity index is 2.34. The summed E-state index contributed by atoms with van der Waals surface area (Å²) in [4.78, 5) is 35.2. The number of amides is 2. The second-order valence-electron chi connectivity index (χ2n) is 5.00. The van der Waals surface area contributed by atoms with Gasteiger partial charge in [-0.05, 0) is 24.6 Å². The molecule has 0 aliphatic rings. The first-order valence-electron chi connectivity index (χ1n) is 6.93. The van der Waals surface area contributed by atoms with Crippen LogP contribution in [0, 0.1) is 0 Å². The minimum absolute atomic E-state index is 0.0554. The molecule has 2 aromatic rings. The molecule has 6 nitrogen and oxygen atoms in total. The number of primary amides is 1. The lowest BCUT2D eigenvalue weighted by molar-refractivity contribution is 0.0692. The number of carbonyl (C=O) groups is 3. The topological polar surface area (TPSA) is 109 Å². The third-order valence-electron chi connectivity index (χ3n) is 3.43. The Hall–Kier alpha value is -3.15. The Kier molecular flexibility index (Phi) is 4.75. The molecule has 0 radical (unpaired) electrons. The molecule has 0 heterocycles. The average molecular weight is 312 g/mol. The number of hydrogen-bond donors (Lipinski definition) is 3. The molecule has 0 unspecified atom stereocenters. The fraction of sp³-hybridized carbons (Fsp3) is 0.118. The van der Waals surface area contributed by atoms with Crippen molar-refractivity contribution in [3.05, 3.63) is 70.8 Å². The molecular weight excluding hydrogens is 296 g/mol. The van der Waals surface area contributed by atoms with Crippen LogP contribution in [0.25, 0.3) is 0 Å². The van der Waals surface area contributed by atoms with E-state index in [9.17, 15) is 14.4 Å². The van der Waals surface area contributed by atoms with Crippen molar-refractivity contribution in [2.75, 3.05) is 0 Å². The zero-order valence-corrected chi connectivity index (χ0v) is 12.4. The van der Waals surface area contributed by atoms with E-state index in [1.807, 2.05) is 30.3 Å². The van der Waals surface area contributed by atoms with Crippen LogP contribution in [0.15, 0.2) is 48.5 Å². The first kappa shape index (κ1) is 16.2. The SMILES string of the molecule is C[C@H](NC(=O)c1cccc(C(=O)O)c1C(N)=O)c1ccccc1. The molecule has 2 amide bonds. The van der Waals surface area contributed by atoms with Gasteiger partial charge in [-0.1, -0.05) is 36.4 Å². The van der Waals surface area contributed by atoms with Crippen molar-refractivity contribution >= 4 is 17.8 Å². The molecule has 118 valence electrons. The molecule has 0 aliphatic carbocycles. The lowest BCUT2D eigenvalue weighted by Crippen LogP contribution is -2.30. The first-order chi connectivity index (χ1) is 10.9. The summed E-state index contributed by atoms with van der Waals surface area (Å²) in [5.41, 5.74) is 5.49. The third kappa shape index (κ3) is 3.55. The molecule has 23 heavy (non-hydrogen) atoms. The monoisotopic (exact) mass is 312 g/mol. The summed E-state index contributed by atoms with van der Waals surface area (Å²) < 4.78 is 0. The van der Waals surface area contributed by atoms with Crippen LogP contribution in [-0.4, -0.2) is 22.9 Å². The summed E-state index contributed by atoms with van der Waals surface area (Å²) in [7, 11) is 0. The highest BCUT2D eigenvalue weighted by atomic mass is 16.4. The number of nitrogens with two attached hydrogens (primary N) is 1. The number of carboxylic acids is 1. The fourth-order valence-corrected chi connectivity index (χ4v) is 2.28. The summed E-state index contributed by atoms with van der Waals surface area (Å²) in [5, 5.41) is 11.9. The van der Waals surface area contributed by atoms with Crippen LogP contribution >= 0.6 is 0 Å². The van der Waals surface area contributed by atoms with Crippen molar-refractivity contribution in [1.82, 2.24) is 5.32 Å². The summed E-state index contributed by atoms with van der Waals surface area (Å²) in [6.45, 7) is 1.79. The Morgan fingerprint density at radius 3 is 2.17 bits per heavy atom. The molecule has 0 fully saturated rings. The van der Waals surface area contributed by atoms with E-state index in [1.54, 1.807) is 6.92 Å². The van der Waals surface area contributed by atoms with Crippen LogP contribution < -0.4 is 11.1 Å². The van der Waals surface area contributed by atoms with Crippen LogP contribution in [0.3, 0.4) is 0 Å². The van der Waals surface area contributed by atoms with Crippen LogP contribution in [0.1, 0.15) is 49.6 Å². The van der Waals surface area contributed by atoms with Crippen LogP contribution in [0.4, 0.5) is 0 Å². The predicted molar refractivity (Wildman–Crippen MR) is 84.2 cm³/mol. The normalized spacial score (nSPS) is 11.5. The number of carboxylic acid groups (broad SMARTS) is 1. The van der Waals surface area contributed by atoms with Crippen molar-refractivity contribution in [2.24, 2.45) is 5.73 Å². The molecule has 2 aromatic carbocycles. The van der Waals surface area contributed by atoms with Gasteiger partial charge >= 0.3 is 5.97 Å². The van der Waals surface area contributed by atoms with E-state index in [-0.39, 0.29) is 22.7 Å². The van der Waals surface area contributed by atoms with Gasteiger partial charge in [-0.25, -0.2) is 4.79 Å². The van der Waals surface area contributed by atoms with Gasteiger partial charge in [-0.3, -0.25) is 9.59 Å². The highest BCUT2D eigenvalue weighted by molar-refractivity contribution is 6.12. The summed E-state index contributed by atoms with van der Waals surface area (Å²) in [5.74, 6) is -2.83. The number of nitrogens with one attached hydrogen (secondary N) is 1. The van der Waals surface area contributed by atoms with Crippen molar-refractivity contribution in [3.8, 4) is 0 Å². The third-order valence-corrected chi connectivity index (χ3v) is 3.43. The predicted octanol–water partition coefficient (Wildman–Crippen LogP) is 1.97. The highest BCUT2D eigenvalue weighted by Gasteiger charge is 2.23. The Morgan fingerprint density at radius 2 is 1.61 bits per heavy atom. The number of hydrogen-bond acceptors (Lipinski definition) is 3. The zero-order chi connectivity index (χ0) is 17.0. The van der Waals surface area contributed by atoms with E-state index < -0.39 is 17.8 Å². The summed E-state index contributed by atoms with van der Waals surface area (Å²) in [6.07, 6.45) is 0. The van der Waals surface area contributed by atoms with Crippen molar-refractivity contribution < 1.29 is 19.5 Å². The number of benzene rings is 2. The molecule has 1 atom stereocenters. The Bertz CT molecular complexity index is 756. The maximum absolute atomic E-state index is 12.4. The maximum atomic E-state index is 12.4. The van der Waals surface area contributed by atoms with E-state index in [0.717, 1.165) is 5.56 Å². The zero-order valence-electron chi connectivity index (χ0n) is 12.4. The highest BCUT2D eigenvalue weighted by Crippen LogP contribution is 2.17. The lowest BCUT2D eigenvalue weighted by atomic mass is 9.99. The number of rotatable bonds is 5. The molecule has 2 rings (SSSR count). The van der Waals surface area contributed by atoms with Gasteiger partial charge < -0.3 is 16.2 Å². The van der Waals surface area contributed by atoms with Gasteiger partial charge in [0.1, 0.15) is 0 Å². The van der Waals surface area contributed by atoms with Gasteiger partial charge in [0.2, 0.25) is 5.91 Å². The largest absolute Gasteiger partial charge is 0.478 e. The maximum Gasteiger partial charge on any atom is 0.336 e. The smallest absolute Gasteiger partial charge is 0.336 e. The van der Waals surface area contributed by atoms with Crippen molar-refractivity contribution in [3.63, 3.8) is 0 Å². The molecule has 4 N–H and O–H groups in total. The van der Waals surface area contributed by atoms with Gasteiger partial charge in [0.25, 0.3) is 5.91 Å².